The van der Waals surface area contributed by atoms with Gasteiger partial charge in [0.25, 0.3) is 0 Å². The van der Waals surface area contributed by atoms with Crippen molar-refractivity contribution in [2.75, 3.05) is 6.61 Å². The molecule has 1 rings (SSSR count). The van der Waals surface area contributed by atoms with Gasteiger partial charge in [0, 0.05) is 0 Å². The largest absolute Gasteiger partial charge is 0.432 e. The zero-order valence-electron chi connectivity index (χ0n) is 6.14. The summed E-state index contributed by atoms with van der Waals surface area (Å²) >= 11 is 0. The predicted octanol–water partition coefficient (Wildman–Crippen LogP) is 2.52. The molecule has 0 N–H and O–H groups in total. The van der Waals surface area contributed by atoms with Gasteiger partial charge in [0.05, 0.1) is 0 Å². The Morgan fingerprint density at radius 2 is 1.21 bits per heavy atom. The van der Waals surface area contributed by atoms with E-state index in [0.717, 1.165) is 0 Å². The molecule has 1 aliphatic rings. The SMILES string of the molecule is FC(F)(F)C1(C(F)(F)F)OCC1(F)F. The highest BCUT2D eigenvalue weighted by molar-refractivity contribution is 5.12. The number of rotatable bonds is 0. The molecule has 1 fully saturated rings. The van der Waals surface area contributed by atoms with Gasteiger partial charge >= 0.3 is 23.9 Å². The lowest BCUT2D eigenvalue weighted by Crippen LogP contribution is -2.77. The Bertz CT molecular complexity index is 207. The van der Waals surface area contributed by atoms with Crippen LogP contribution < -0.4 is 0 Å². The lowest BCUT2D eigenvalue weighted by molar-refractivity contribution is -0.493. The average Bonchev–Trinajstić information content (AvgIpc) is 1.78. The van der Waals surface area contributed by atoms with Crippen molar-refractivity contribution in [3.8, 4) is 0 Å². The van der Waals surface area contributed by atoms with E-state index in [2.05, 4.69) is 4.74 Å². The third-order valence-corrected chi connectivity index (χ3v) is 1.78. The van der Waals surface area contributed by atoms with Crippen LogP contribution in [-0.4, -0.2) is 30.5 Å². The zero-order chi connectivity index (χ0) is 11.4. The number of hydrogen-bond donors (Lipinski definition) is 0. The summed E-state index contributed by atoms with van der Waals surface area (Å²) in [7, 11) is 0. The molecule has 1 nitrogen and oxygen atoms in total. The summed E-state index contributed by atoms with van der Waals surface area (Å²) in [4.78, 5) is 0. The quantitative estimate of drug-likeness (QED) is 0.581. The highest BCUT2D eigenvalue weighted by Gasteiger charge is 2.89. The molecule has 1 saturated heterocycles. The Labute approximate surface area is 71.6 Å². The smallest absolute Gasteiger partial charge is 0.347 e. The third kappa shape index (κ3) is 1.11. The van der Waals surface area contributed by atoms with Crippen LogP contribution in [0.15, 0.2) is 0 Å². The van der Waals surface area contributed by atoms with Crippen molar-refractivity contribution >= 4 is 0 Å². The minimum Gasteiger partial charge on any atom is -0.347 e. The lowest BCUT2D eigenvalue weighted by atomic mass is 9.88. The highest BCUT2D eigenvalue weighted by atomic mass is 19.4. The van der Waals surface area contributed by atoms with Crippen LogP contribution in [0.25, 0.3) is 0 Å². The van der Waals surface area contributed by atoms with Crippen LogP contribution in [0.5, 0.6) is 0 Å². The van der Waals surface area contributed by atoms with Crippen LogP contribution in [-0.2, 0) is 4.74 Å². The van der Waals surface area contributed by atoms with Gasteiger partial charge in [0.2, 0.25) is 0 Å². The lowest BCUT2D eigenvalue weighted by Gasteiger charge is -2.49. The number of halogens is 8. The number of alkyl halides is 8. The molecule has 0 aromatic carbocycles. The Kier molecular flexibility index (Phi) is 2.05. The molecule has 0 unspecified atom stereocenters. The summed E-state index contributed by atoms with van der Waals surface area (Å²) < 4.78 is 98.6. The van der Waals surface area contributed by atoms with Crippen LogP contribution in [0, 0.1) is 0 Å². The average molecular weight is 230 g/mol. The van der Waals surface area contributed by atoms with Crippen LogP contribution in [0.1, 0.15) is 0 Å². The van der Waals surface area contributed by atoms with Gasteiger partial charge < -0.3 is 4.74 Å². The molecule has 0 aromatic heterocycles. The molecular formula is C5H2F8O. The van der Waals surface area contributed by atoms with Gasteiger partial charge in [-0.3, -0.25) is 0 Å². The standard InChI is InChI=1S/C5H2F8O/c6-2(7)1-14-3(2,4(8,9)10)5(11,12)13/h1H2. The predicted molar refractivity (Wildman–Crippen MR) is 25.7 cm³/mol. The van der Waals surface area contributed by atoms with Gasteiger partial charge in [-0.15, -0.1) is 0 Å². The Morgan fingerprint density at radius 3 is 1.21 bits per heavy atom. The van der Waals surface area contributed by atoms with E-state index in [9.17, 15) is 35.1 Å². The first-order chi connectivity index (χ1) is 5.96. The fourth-order valence-corrected chi connectivity index (χ4v) is 1.06. The normalized spacial score (nSPS) is 25.7. The summed E-state index contributed by atoms with van der Waals surface area (Å²) in [6, 6.07) is 0. The van der Waals surface area contributed by atoms with Crippen molar-refractivity contribution in [3.63, 3.8) is 0 Å². The second-order valence-corrected chi connectivity index (χ2v) is 2.67. The van der Waals surface area contributed by atoms with Crippen molar-refractivity contribution in [2.24, 2.45) is 0 Å². The van der Waals surface area contributed by atoms with Gasteiger partial charge in [-0.25, -0.2) is 8.78 Å². The summed E-state index contributed by atoms with van der Waals surface area (Å²) in [6.07, 6.45) is -12.4. The maximum absolute atomic E-state index is 12.3. The van der Waals surface area contributed by atoms with E-state index >= 15 is 0 Å². The molecule has 0 bridgehead atoms. The van der Waals surface area contributed by atoms with Crippen LogP contribution in [0.3, 0.4) is 0 Å². The maximum Gasteiger partial charge on any atom is 0.432 e. The summed E-state index contributed by atoms with van der Waals surface area (Å²) in [5.41, 5.74) is -5.34. The topological polar surface area (TPSA) is 9.23 Å². The van der Waals surface area contributed by atoms with E-state index < -0.39 is 30.5 Å². The van der Waals surface area contributed by atoms with E-state index in [1.54, 1.807) is 0 Å². The van der Waals surface area contributed by atoms with Gasteiger partial charge in [-0.1, -0.05) is 0 Å². The van der Waals surface area contributed by atoms with Gasteiger partial charge in [0.1, 0.15) is 6.61 Å². The Morgan fingerprint density at radius 1 is 0.857 bits per heavy atom. The fourth-order valence-electron chi connectivity index (χ4n) is 1.06. The zero-order valence-corrected chi connectivity index (χ0v) is 6.14. The van der Waals surface area contributed by atoms with Crippen molar-refractivity contribution in [1.29, 1.82) is 0 Å². The highest BCUT2D eigenvalue weighted by Crippen LogP contribution is 2.59. The fraction of sp³-hybridized carbons (Fsp3) is 1.00. The second-order valence-electron chi connectivity index (χ2n) is 2.67. The molecule has 0 aromatic rings. The molecular weight excluding hydrogens is 228 g/mol. The van der Waals surface area contributed by atoms with Gasteiger partial charge in [0.15, 0.2) is 0 Å². The van der Waals surface area contributed by atoms with Crippen LogP contribution >= 0.6 is 0 Å². The van der Waals surface area contributed by atoms with E-state index in [0.29, 0.717) is 0 Å². The van der Waals surface area contributed by atoms with Crippen molar-refractivity contribution in [2.45, 2.75) is 23.9 Å². The van der Waals surface area contributed by atoms with Gasteiger partial charge in [-0.05, 0) is 0 Å². The molecule has 1 aliphatic heterocycles. The Balaban J connectivity index is 3.20. The maximum atomic E-state index is 12.3. The number of ether oxygens (including phenoxy) is 1. The first-order valence-electron chi connectivity index (χ1n) is 3.11. The van der Waals surface area contributed by atoms with Gasteiger partial charge in [-0.2, -0.15) is 26.3 Å². The van der Waals surface area contributed by atoms with Crippen molar-refractivity contribution in [1.82, 2.24) is 0 Å². The van der Waals surface area contributed by atoms with Crippen molar-refractivity contribution in [3.05, 3.63) is 0 Å². The molecule has 0 radical (unpaired) electrons. The van der Waals surface area contributed by atoms with E-state index in [-0.39, 0.29) is 0 Å². The minimum absolute atomic E-state index is 1.88. The van der Waals surface area contributed by atoms with E-state index in [4.69, 9.17) is 0 Å². The number of hydrogen-bond acceptors (Lipinski definition) is 1. The summed E-state index contributed by atoms with van der Waals surface area (Å²) in [5.74, 6) is -4.97. The molecule has 0 spiro atoms. The first kappa shape index (κ1) is 11.5. The molecule has 9 heteroatoms. The minimum atomic E-state index is -6.19. The third-order valence-electron chi connectivity index (χ3n) is 1.78. The second kappa shape index (κ2) is 2.50. The molecule has 0 atom stereocenters. The van der Waals surface area contributed by atoms with Crippen molar-refractivity contribution < 1.29 is 39.9 Å². The monoisotopic (exact) mass is 230 g/mol. The molecule has 1 heterocycles. The van der Waals surface area contributed by atoms with Crippen LogP contribution in [0.2, 0.25) is 0 Å². The van der Waals surface area contributed by atoms with E-state index in [1.165, 1.54) is 0 Å². The molecule has 0 amide bonds. The Hall–Kier alpha value is -0.600. The van der Waals surface area contributed by atoms with Crippen LogP contribution in [0.4, 0.5) is 35.1 Å². The first-order valence-corrected chi connectivity index (χ1v) is 3.11. The summed E-state index contributed by atoms with van der Waals surface area (Å²) in [5, 5.41) is 0. The molecule has 0 aliphatic carbocycles. The molecule has 0 saturated carbocycles. The van der Waals surface area contributed by atoms with E-state index in [1.807, 2.05) is 0 Å². The molecule has 14 heavy (non-hydrogen) atoms. The summed E-state index contributed by atoms with van der Waals surface area (Å²) in [6.45, 7) is -1.88. The molecule has 84 valence electrons.